The lowest BCUT2D eigenvalue weighted by Crippen LogP contribution is -2.86. The second-order valence-electron chi connectivity index (χ2n) is 6.61. The SMILES string of the molecule is C[C@H]([NH2+]CC(=O)Nc1ccccc1S(C)(=O)=O)c1cccc2ccccc12. The summed E-state index contributed by atoms with van der Waals surface area (Å²) in [5.41, 5.74) is 1.48. The average molecular weight is 383 g/mol. The molecule has 1 atom stereocenters. The normalized spacial score (nSPS) is 12.7. The maximum absolute atomic E-state index is 12.4. The molecule has 27 heavy (non-hydrogen) atoms. The number of nitrogens with one attached hydrogen (secondary N) is 1. The smallest absolute Gasteiger partial charge is 0.279 e. The van der Waals surface area contributed by atoms with E-state index in [-0.39, 0.29) is 23.4 Å². The topological polar surface area (TPSA) is 79.8 Å². The molecule has 0 radical (unpaired) electrons. The van der Waals surface area contributed by atoms with Crippen molar-refractivity contribution >= 4 is 32.2 Å². The number of carbonyl (C=O) groups excluding carboxylic acids is 1. The van der Waals surface area contributed by atoms with Crippen LogP contribution in [0.15, 0.2) is 71.6 Å². The zero-order chi connectivity index (χ0) is 19.4. The lowest BCUT2D eigenvalue weighted by Gasteiger charge is -2.14. The highest BCUT2D eigenvalue weighted by Crippen LogP contribution is 2.22. The molecule has 140 valence electrons. The molecule has 0 saturated carbocycles. The number of sulfone groups is 1. The van der Waals surface area contributed by atoms with E-state index in [4.69, 9.17) is 0 Å². The third-order valence-electron chi connectivity index (χ3n) is 4.53. The summed E-state index contributed by atoms with van der Waals surface area (Å²) in [7, 11) is -3.40. The number of hydrogen-bond donors (Lipinski definition) is 2. The Morgan fingerprint density at radius 2 is 1.67 bits per heavy atom. The molecular formula is C21H23N2O3S+. The Labute approximate surface area is 159 Å². The van der Waals surface area contributed by atoms with Gasteiger partial charge in [-0.05, 0) is 29.8 Å². The van der Waals surface area contributed by atoms with E-state index >= 15 is 0 Å². The van der Waals surface area contributed by atoms with Crippen LogP contribution in [0, 0.1) is 0 Å². The molecule has 3 rings (SSSR count). The minimum absolute atomic E-state index is 0.0898. The quantitative estimate of drug-likeness (QED) is 0.686. The van der Waals surface area contributed by atoms with E-state index in [9.17, 15) is 13.2 Å². The molecule has 0 aliphatic rings. The van der Waals surface area contributed by atoms with Gasteiger partial charge in [-0.3, -0.25) is 4.79 Å². The second-order valence-corrected chi connectivity index (χ2v) is 8.60. The van der Waals surface area contributed by atoms with Crippen LogP contribution in [-0.4, -0.2) is 27.1 Å². The lowest BCUT2D eigenvalue weighted by atomic mass is 10.00. The number of carbonyl (C=O) groups is 1. The molecule has 0 bridgehead atoms. The van der Waals surface area contributed by atoms with E-state index in [1.54, 1.807) is 18.2 Å². The Morgan fingerprint density at radius 1 is 1.00 bits per heavy atom. The maximum Gasteiger partial charge on any atom is 0.279 e. The first-order valence-electron chi connectivity index (χ1n) is 8.76. The van der Waals surface area contributed by atoms with Crippen molar-refractivity contribution in [2.24, 2.45) is 0 Å². The van der Waals surface area contributed by atoms with Gasteiger partial charge >= 0.3 is 0 Å². The largest absolute Gasteiger partial charge is 0.332 e. The summed E-state index contributed by atoms with van der Waals surface area (Å²) in [6, 6.07) is 20.8. The fraction of sp³-hybridized carbons (Fsp3) is 0.190. The summed E-state index contributed by atoms with van der Waals surface area (Å²) in [6.07, 6.45) is 1.13. The van der Waals surface area contributed by atoms with Gasteiger partial charge in [-0.25, -0.2) is 8.42 Å². The molecule has 3 aromatic rings. The van der Waals surface area contributed by atoms with Crippen LogP contribution in [0.2, 0.25) is 0 Å². The van der Waals surface area contributed by atoms with Crippen molar-refractivity contribution < 1.29 is 18.5 Å². The van der Waals surface area contributed by atoms with Gasteiger partial charge in [-0.15, -0.1) is 0 Å². The number of quaternary nitrogens is 1. The van der Waals surface area contributed by atoms with Gasteiger partial charge in [0.2, 0.25) is 0 Å². The third-order valence-corrected chi connectivity index (χ3v) is 5.69. The van der Waals surface area contributed by atoms with Gasteiger partial charge in [0.15, 0.2) is 16.4 Å². The number of hydrogen-bond acceptors (Lipinski definition) is 3. The van der Waals surface area contributed by atoms with Crippen LogP contribution in [0.4, 0.5) is 5.69 Å². The van der Waals surface area contributed by atoms with Crippen LogP contribution in [0.1, 0.15) is 18.5 Å². The predicted molar refractivity (Wildman–Crippen MR) is 107 cm³/mol. The number of fused-ring (bicyclic) bond motifs is 1. The summed E-state index contributed by atoms with van der Waals surface area (Å²) < 4.78 is 23.7. The molecule has 0 heterocycles. The van der Waals surface area contributed by atoms with Crippen molar-refractivity contribution in [3.63, 3.8) is 0 Å². The molecular weight excluding hydrogens is 360 g/mol. The fourth-order valence-electron chi connectivity index (χ4n) is 3.15. The maximum atomic E-state index is 12.4. The summed E-state index contributed by atoms with van der Waals surface area (Å²) in [4.78, 5) is 12.5. The van der Waals surface area contributed by atoms with Crippen molar-refractivity contribution in [1.29, 1.82) is 0 Å². The van der Waals surface area contributed by atoms with E-state index in [0.717, 1.165) is 11.8 Å². The zero-order valence-electron chi connectivity index (χ0n) is 15.3. The summed E-state index contributed by atoms with van der Waals surface area (Å²) in [6.45, 7) is 2.25. The first-order valence-corrected chi connectivity index (χ1v) is 10.7. The predicted octanol–water partition coefficient (Wildman–Crippen LogP) is 2.51. The Morgan fingerprint density at radius 3 is 2.44 bits per heavy atom. The number of para-hydroxylation sites is 1. The Balaban J connectivity index is 1.69. The van der Waals surface area contributed by atoms with E-state index < -0.39 is 9.84 Å². The highest BCUT2D eigenvalue weighted by molar-refractivity contribution is 7.90. The number of rotatable bonds is 6. The molecule has 3 aromatic carbocycles. The first kappa shape index (κ1) is 19.1. The molecule has 3 N–H and O–H groups in total. The second kappa shape index (κ2) is 7.90. The van der Waals surface area contributed by atoms with E-state index in [2.05, 4.69) is 36.5 Å². The lowest BCUT2D eigenvalue weighted by molar-refractivity contribution is -0.682. The monoisotopic (exact) mass is 383 g/mol. The summed E-state index contributed by atoms with van der Waals surface area (Å²) >= 11 is 0. The summed E-state index contributed by atoms with van der Waals surface area (Å²) in [5, 5.41) is 7.00. The Hall–Kier alpha value is -2.70. The molecule has 5 nitrogen and oxygen atoms in total. The highest BCUT2D eigenvalue weighted by atomic mass is 32.2. The Kier molecular flexibility index (Phi) is 5.58. The van der Waals surface area contributed by atoms with Gasteiger partial charge in [0.05, 0.1) is 10.6 Å². The van der Waals surface area contributed by atoms with Crippen LogP contribution in [-0.2, 0) is 14.6 Å². The highest BCUT2D eigenvalue weighted by Gasteiger charge is 2.17. The number of amides is 1. The molecule has 0 aliphatic heterocycles. The van der Waals surface area contributed by atoms with Crippen molar-refractivity contribution in [2.75, 3.05) is 18.1 Å². The standard InChI is InChI=1S/C21H22N2O3S/c1-15(17-11-7-9-16-8-3-4-10-18(16)17)22-14-21(24)23-19-12-5-6-13-20(19)27(2,25)26/h3-13,15,22H,14H2,1-2H3,(H,23,24)/p+1/t15-/m0/s1. The molecule has 1 amide bonds. The van der Waals surface area contributed by atoms with Crippen LogP contribution in [0.5, 0.6) is 0 Å². The van der Waals surface area contributed by atoms with Gasteiger partial charge in [0, 0.05) is 11.8 Å². The molecule has 0 fully saturated rings. The zero-order valence-corrected chi connectivity index (χ0v) is 16.2. The van der Waals surface area contributed by atoms with Gasteiger partial charge in [0.1, 0.15) is 6.04 Å². The average Bonchev–Trinajstić information content (AvgIpc) is 2.65. The van der Waals surface area contributed by atoms with Crippen molar-refractivity contribution in [1.82, 2.24) is 0 Å². The minimum Gasteiger partial charge on any atom is -0.332 e. The molecule has 0 unspecified atom stereocenters. The van der Waals surface area contributed by atoms with Crippen LogP contribution < -0.4 is 10.6 Å². The van der Waals surface area contributed by atoms with Gasteiger partial charge < -0.3 is 10.6 Å². The van der Waals surface area contributed by atoms with Crippen LogP contribution in [0.3, 0.4) is 0 Å². The molecule has 0 spiro atoms. The van der Waals surface area contributed by atoms with E-state index in [0.29, 0.717) is 5.69 Å². The summed E-state index contributed by atoms with van der Waals surface area (Å²) in [5.74, 6) is -0.238. The molecule has 0 aromatic heterocycles. The Bertz CT molecular complexity index is 1070. The molecule has 0 aliphatic carbocycles. The van der Waals surface area contributed by atoms with E-state index in [1.807, 2.05) is 23.5 Å². The first-order chi connectivity index (χ1) is 12.9. The number of nitrogens with two attached hydrogens (primary N) is 1. The third kappa shape index (κ3) is 4.53. The molecule has 0 saturated heterocycles. The van der Waals surface area contributed by atoms with Crippen molar-refractivity contribution in [2.45, 2.75) is 17.9 Å². The van der Waals surface area contributed by atoms with Gasteiger partial charge in [-0.1, -0.05) is 54.6 Å². The van der Waals surface area contributed by atoms with E-state index in [1.165, 1.54) is 16.8 Å². The van der Waals surface area contributed by atoms with Crippen molar-refractivity contribution in [3.05, 3.63) is 72.3 Å². The van der Waals surface area contributed by atoms with Gasteiger partial charge in [-0.2, -0.15) is 0 Å². The number of anilines is 1. The van der Waals surface area contributed by atoms with Gasteiger partial charge in [0.25, 0.3) is 5.91 Å². The van der Waals surface area contributed by atoms with Crippen LogP contribution >= 0.6 is 0 Å². The van der Waals surface area contributed by atoms with Crippen LogP contribution in [0.25, 0.3) is 10.8 Å². The molecule has 6 heteroatoms. The number of benzene rings is 3. The van der Waals surface area contributed by atoms with Crippen molar-refractivity contribution in [3.8, 4) is 0 Å². The fourth-order valence-corrected chi connectivity index (χ4v) is 4.00. The minimum atomic E-state index is -3.40.